The van der Waals surface area contributed by atoms with Gasteiger partial charge in [0.25, 0.3) is 0 Å². The molecule has 0 saturated heterocycles. The summed E-state index contributed by atoms with van der Waals surface area (Å²) in [5, 5.41) is 2.97. The molecule has 7 heteroatoms. The topological polar surface area (TPSA) is 78.8 Å². The Bertz CT molecular complexity index is 669. The second-order valence-electron chi connectivity index (χ2n) is 7.00. The smallest absolute Gasteiger partial charge is 0.350 e. The molecule has 0 saturated carbocycles. The van der Waals surface area contributed by atoms with Crippen LogP contribution in [0, 0.1) is 11.8 Å². The summed E-state index contributed by atoms with van der Waals surface area (Å²) >= 11 is 3.35. The monoisotopic (exact) mass is 437 g/mol. The molecule has 0 aromatic heterocycles. The minimum Gasteiger partial charge on any atom is -0.356 e. The SMILES string of the molecule is CCCCC(CC)CNC(=O)CCCN1C(=O)N=C2C=CC(Br)=CC2C1=O. The molecule has 4 amide bonds. The Labute approximate surface area is 169 Å². The van der Waals surface area contributed by atoms with Gasteiger partial charge in [0.15, 0.2) is 0 Å². The van der Waals surface area contributed by atoms with E-state index in [1.54, 1.807) is 18.2 Å². The quantitative estimate of drug-likeness (QED) is 0.561. The summed E-state index contributed by atoms with van der Waals surface area (Å²) in [6, 6.07) is -0.548. The van der Waals surface area contributed by atoms with Crippen molar-refractivity contribution >= 4 is 39.5 Å². The highest BCUT2D eigenvalue weighted by Gasteiger charge is 2.36. The lowest BCUT2D eigenvalue weighted by Gasteiger charge is -2.28. The summed E-state index contributed by atoms with van der Waals surface area (Å²) in [6.45, 7) is 5.21. The van der Waals surface area contributed by atoms with Crippen LogP contribution in [0.1, 0.15) is 52.4 Å². The summed E-state index contributed by atoms with van der Waals surface area (Å²) in [7, 11) is 0. The van der Waals surface area contributed by atoms with E-state index in [0.717, 1.165) is 28.6 Å². The van der Waals surface area contributed by atoms with E-state index < -0.39 is 11.9 Å². The molecule has 0 bridgehead atoms. The predicted octanol–water partition coefficient (Wildman–Crippen LogP) is 3.97. The number of carbonyl (C=O) groups excluding carboxylic acids is 3. The molecule has 0 radical (unpaired) electrons. The molecule has 0 aromatic carbocycles. The van der Waals surface area contributed by atoms with Crippen molar-refractivity contribution < 1.29 is 14.4 Å². The normalized spacial score (nSPS) is 20.1. The molecule has 1 heterocycles. The zero-order chi connectivity index (χ0) is 19.8. The van der Waals surface area contributed by atoms with Gasteiger partial charge in [0.1, 0.15) is 5.92 Å². The van der Waals surface area contributed by atoms with Crippen LogP contribution in [0.3, 0.4) is 0 Å². The lowest BCUT2D eigenvalue weighted by molar-refractivity contribution is -0.130. The van der Waals surface area contributed by atoms with E-state index in [-0.39, 0.29) is 18.4 Å². The molecule has 1 aliphatic heterocycles. The lowest BCUT2D eigenvalue weighted by Crippen LogP contribution is -2.46. The number of carbonyl (C=O) groups is 3. The van der Waals surface area contributed by atoms with Gasteiger partial charge in [-0.2, -0.15) is 4.99 Å². The molecule has 27 heavy (non-hydrogen) atoms. The first-order valence-corrected chi connectivity index (χ1v) is 10.5. The number of halogens is 1. The molecule has 1 aliphatic carbocycles. The van der Waals surface area contributed by atoms with Crippen LogP contribution >= 0.6 is 15.9 Å². The molecule has 2 unspecified atom stereocenters. The van der Waals surface area contributed by atoms with E-state index in [1.165, 1.54) is 6.42 Å². The Balaban J connectivity index is 1.79. The third-order valence-electron chi connectivity index (χ3n) is 4.96. The van der Waals surface area contributed by atoms with Gasteiger partial charge in [-0.05, 0) is 30.9 Å². The third kappa shape index (κ3) is 6.13. The first-order chi connectivity index (χ1) is 13.0. The molecule has 2 atom stereocenters. The highest BCUT2D eigenvalue weighted by Crippen LogP contribution is 2.25. The van der Waals surface area contributed by atoms with E-state index in [4.69, 9.17) is 0 Å². The zero-order valence-electron chi connectivity index (χ0n) is 16.0. The molecule has 6 nitrogen and oxygen atoms in total. The van der Waals surface area contributed by atoms with E-state index in [1.807, 2.05) is 0 Å². The van der Waals surface area contributed by atoms with Gasteiger partial charge in [-0.3, -0.25) is 14.5 Å². The standard InChI is InChI=1S/C20H28BrN3O3/c1-3-5-7-14(4-2)13-22-18(25)8-6-11-24-19(26)16-12-15(21)9-10-17(16)23-20(24)27/h9-10,12,14,16H,3-8,11,13H2,1-2H3,(H,22,25). The lowest BCUT2D eigenvalue weighted by atomic mass is 9.95. The van der Waals surface area contributed by atoms with Crippen LogP contribution in [-0.4, -0.2) is 41.5 Å². The van der Waals surface area contributed by atoms with Crippen molar-refractivity contribution in [3.8, 4) is 0 Å². The summed E-state index contributed by atoms with van der Waals surface area (Å²) < 4.78 is 0.794. The molecule has 0 fully saturated rings. The van der Waals surface area contributed by atoms with Crippen molar-refractivity contribution in [1.29, 1.82) is 0 Å². The third-order valence-corrected chi connectivity index (χ3v) is 5.49. The number of urea groups is 1. The van der Waals surface area contributed by atoms with Crippen LogP contribution in [0.25, 0.3) is 0 Å². The molecule has 148 valence electrons. The first kappa shape index (κ1) is 21.5. The average Bonchev–Trinajstić information content (AvgIpc) is 2.65. The number of hydrogen-bond donors (Lipinski definition) is 1. The summed E-state index contributed by atoms with van der Waals surface area (Å²) in [5.74, 6) is -0.331. The maximum absolute atomic E-state index is 12.6. The Kier molecular flexibility index (Phi) is 8.41. The maximum Gasteiger partial charge on any atom is 0.350 e. The van der Waals surface area contributed by atoms with E-state index in [2.05, 4.69) is 40.1 Å². The largest absolute Gasteiger partial charge is 0.356 e. The summed E-state index contributed by atoms with van der Waals surface area (Å²) in [6.07, 6.45) is 10.4. The number of rotatable bonds is 10. The second-order valence-corrected chi connectivity index (χ2v) is 7.91. The molecule has 1 N–H and O–H groups in total. The van der Waals surface area contributed by atoms with Gasteiger partial charge in [0.05, 0.1) is 5.71 Å². The first-order valence-electron chi connectivity index (χ1n) is 9.72. The number of fused-ring (bicyclic) bond motifs is 1. The Hall–Kier alpha value is -1.76. The Morgan fingerprint density at radius 2 is 2.07 bits per heavy atom. The Morgan fingerprint density at radius 3 is 2.78 bits per heavy atom. The van der Waals surface area contributed by atoms with E-state index in [0.29, 0.717) is 31.0 Å². The predicted molar refractivity (Wildman–Crippen MR) is 110 cm³/mol. The number of amides is 4. The van der Waals surface area contributed by atoms with Crippen LogP contribution in [0.2, 0.25) is 0 Å². The van der Waals surface area contributed by atoms with Gasteiger partial charge >= 0.3 is 6.03 Å². The number of nitrogens with one attached hydrogen (secondary N) is 1. The highest BCUT2D eigenvalue weighted by atomic mass is 79.9. The van der Waals surface area contributed by atoms with Crippen LogP contribution < -0.4 is 5.32 Å². The van der Waals surface area contributed by atoms with Crippen LogP contribution in [-0.2, 0) is 9.59 Å². The number of aliphatic imine (C=N–C) groups is 1. The van der Waals surface area contributed by atoms with Crippen molar-refractivity contribution in [2.45, 2.75) is 52.4 Å². The number of allylic oxidation sites excluding steroid dienone is 3. The van der Waals surface area contributed by atoms with Crippen LogP contribution in [0.5, 0.6) is 0 Å². The van der Waals surface area contributed by atoms with Gasteiger partial charge in [-0.25, -0.2) is 4.79 Å². The highest BCUT2D eigenvalue weighted by molar-refractivity contribution is 9.11. The molecule has 2 aliphatic rings. The van der Waals surface area contributed by atoms with Crippen molar-refractivity contribution in [1.82, 2.24) is 10.2 Å². The minimum atomic E-state index is -0.548. The minimum absolute atomic E-state index is 0.0331. The number of imide groups is 1. The van der Waals surface area contributed by atoms with Crippen molar-refractivity contribution in [3.05, 3.63) is 22.7 Å². The van der Waals surface area contributed by atoms with Crippen molar-refractivity contribution in [2.24, 2.45) is 16.8 Å². The van der Waals surface area contributed by atoms with Gasteiger partial charge in [-0.1, -0.05) is 55.1 Å². The summed E-state index contributed by atoms with van der Waals surface area (Å²) in [4.78, 5) is 41.9. The van der Waals surface area contributed by atoms with Crippen LogP contribution in [0.4, 0.5) is 4.79 Å². The molecule has 0 spiro atoms. The zero-order valence-corrected chi connectivity index (χ0v) is 17.6. The van der Waals surface area contributed by atoms with Crippen LogP contribution in [0.15, 0.2) is 27.7 Å². The number of nitrogens with zero attached hydrogens (tertiary/aromatic N) is 2. The second kappa shape index (κ2) is 10.5. The van der Waals surface area contributed by atoms with Crippen molar-refractivity contribution in [3.63, 3.8) is 0 Å². The fraction of sp³-hybridized carbons (Fsp3) is 0.600. The average molecular weight is 438 g/mol. The number of unbranched alkanes of at least 4 members (excludes halogenated alkanes) is 1. The molecule has 2 rings (SSSR count). The fourth-order valence-electron chi connectivity index (χ4n) is 3.20. The van der Waals surface area contributed by atoms with Gasteiger partial charge < -0.3 is 5.32 Å². The van der Waals surface area contributed by atoms with E-state index in [9.17, 15) is 14.4 Å². The molecular weight excluding hydrogens is 410 g/mol. The fourth-order valence-corrected chi connectivity index (χ4v) is 3.60. The van der Waals surface area contributed by atoms with Gasteiger partial charge in [-0.15, -0.1) is 0 Å². The maximum atomic E-state index is 12.6. The van der Waals surface area contributed by atoms with Crippen molar-refractivity contribution in [2.75, 3.05) is 13.1 Å². The van der Waals surface area contributed by atoms with Gasteiger partial charge in [0.2, 0.25) is 11.8 Å². The van der Waals surface area contributed by atoms with Gasteiger partial charge in [0, 0.05) is 24.0 Å². The summed E-state index contributed by atoms with van der Waals surface area (Å²) in [5.41, 5.74) is 0.472. The van der Waals surface area contributed by atoms with E-state index >= 15 is 0 Å². The number of hydrogen-bond acceptors (Lipinski definition) is 3. The molecular formula is C20H28BrN3O3. The Morgan fingerprint density at radius 1 is 1.30 bits per heavy atom. The molecule has 0 aromatic rings.